The number of carboxylic acid groups (broad SMARTS) is 2. The number of thiophene rings is 1. The van der Waals surface area contributed by atoms with Crippen LogP contribution in [-0.4, -0.2) is 32.1 Å². The normalized spacial score (nSPS) is 15.0. The molecule has 2 aromatic carbocycles. The molecule has 4 heterocycles. The number of carboxylic acids is 2. The SMILES string of the molecule is O=C(O)c1ccnc(-c2cc(C(=O)O)cc(C3C=C(/C=C/c4ccc5c(c4)sc4ccccc45)C=CN3)n2)c1. The summed E-state index contributed by atoms with van der Waals surface area (Å²) in [5.41, 5.74) is 3.15. The number of fused-ring (bicyclic) bond motifs is 3. The molecule has 1 aliphatic rings. The molecule has 0 radical (unpaired) electrons. The van der Waals surface area contributed by atoms with E-state index in [2.05, 4.69) is 63.8 Å². The van der Waals surface area contributed by atoms with Gasteiger partial charge >= 0.3 is 11.9 Å². The zero-order chi connectivity index (χ0) is 26.9. The monoisotopic (exact) mass is 531 g/mol. The van der Waals surface area contributed by atoms with Gasteiger partial charge in [-0.1, -0.05) is 42.5 Å². The lowest BCUT2D eigenvalue weighted by Gasteiger charge is -2.19. The second kappa shape index (κ2) is 10.00. The molecule has 0 bridgehead atoms. The van der Waals surface area contributed by atoms with E-state index in [-0.39, 0.29) is 28.6 Å². The molecular formula is C31H21N3O4S. The first-order valence-electron chi connectivity index (χ1n) is 12.1. The lowest BCUT2D eigenvalue weighted by Crippen LogP contribution is -2.18. The van der Waals surface area contributed by atoms with E-state index in [4.69, 9.17) is 0 Å². The van der Waals surface area contributed by atoms with Gasteiger partial charge in [0.1, 0.15) is 0 Å². The Balaban J connectivity index is 1.31. The standard InChI is InChI=1S/C31H21N3O4S/c35-30(36)20-10-12-33-25(15-20)27-17-21(31(37)38)16-26(34-27)24-13-19(9-11-32-24)6-5-18-7-8-23-22-3-1-2-4-28(22)39-29(23)14-18/h1-17,24,32H,(H,35,36)(H,37,38)/b6-5+. The fourth-order valence-electron chi connectivity index (χ4n) is 4.53. The third kappa shape index (κ3) is 4.93. The smallest absolute Gasteiger partial charge is 0.335 e. The van der Waals surface area contributed by atoms with Gasteiger partial charge in [-0.2, -0.15) is 0 Å². The van der Waals surface area contributed by atoms with E-state index in [0.29, 0.717) is 5.69 Å². The van der Waals surface area contributed by atoms with Crippen molar-refractivity contribution in [3.8, 4) is 11.4 Å². The Bertz CT molecular complexity index is 1870. The van der Waals surface area contributed by atoms with Gasteiger partial charge in [0.15, 0.2) is 0 Å². The van der Waals surface area contributed by atoms with Gasteiger partial charge in [-0.05, 0) is 65.9 Å². The van der Waals surface area contributed by atoms with E-state index in [9.17, 15) is 19.8 Å². The van der Waals surface area contributed by atoms with Gasteiger partial charge in [0.05, 0.1) is 34.3 Å². The van der Waals surface area contributed by atoms with Crippen LogP contribution in [0.15, 0.2) is 103 Å². The van der Waals surface area contributed by atoms with Crippen molar-refractivity contribution < 1.29 is 19.8 Å². The average molecular weight is 532 g/mol. The molecule has 8 heteroatoms. The van der Waals surface area contributed by atoms with Crippen LogP contribution < -0.4 is 5.32 Å². The minimum absolute atomic E-state index is 0.0380. The third-order valence-electron chi connectivity index (χ3n) is 6.46. The highest BCUT2D eigenvalue weighted by Gasteiger charge is 2.18. The minimum Gasteiger partial charge on any atom is -0.478 e. The number of rotatable bonds is 6. The molecule has 0 aliphatic carbocycles. The maximum atomic E-state index is 11.9. The Morgan fingerprint density at radius 1 is 0.846 bits per heavy atom. The molecule has 0 saturated carbocycles. The summed E-state index contributed by atoms with van der Waals surface area (Å²) in [5, 5.41) is 24.8. The molecule has 0 spiro atoms. The summed E-state index contributed by atoms with van der Waals surface area (Å²) in [6, 6.07) is 20.1. The van der Waals surface area contributed by atoms with Crippen molar-refractivity contribution >= 4 is 49.5 Å². The maximum absolute atomic E-state index is 11.9. The molecule has 0 saturated heterocycles. The van der Waals surface area contributed by atoms with Crippen molar-refractivity contribution in [2.45, 2.75) is 6.04 Å². The topological polar surface area (TPSA) is 112 Å². The first-order chi connectivity index (χ1) is 18.9. The number of benzene rings is 2. The molecule has 5 aromatic rings. The molecule has 190 valence electrons. The molecule has 7 nitrogen and oxygen atoms in total. The predicted octanol–water partition coefficient (Wildman–Crippen LogP) is 6.71. The first-order valence-corrected chi connectivity index (χ1v) is 12.9. The van der Waals surface area contributed by atoms with E-state index in [1.807, 2.05) is 18.2 Å². The maximum Gasteiger partial charge on any atom is 0.335 e. The predicted molar refractivity (Wildman–Crippen MR) is 153 cm³/mol. The summed E-state index contributed by atoms with van der Waals surface area (Å²) in [5.74, 6) is -2.21. The molecule has 1 atom stereocenters. The van der Waals surface area contributed by atoms with Gasteiger partial charge in [-0.15, -0.1) is 11.3 Å². The molecule has 0 amide bonds. The minimum atomic E-state index is -1.11. The van der Waals surface area contributed by atoms with Crippen LogP contribution >= 0.6 is 11.3 Å². The molecular weight excluding hydrogens is 510 g/mol. The molecule has 1 aliphatic heterocycles. The van der Waals surface area contributed by atoms with Crippen molar-refractivity contribution in [3.63, 3.8) is 0 Å². The number of allylic oxidation sites excluding steroid dienone is 3. The van der Waals surface area contributed by atoms with E-state index < -0.39 is 11.9 Å². The fourth-order valence-corrected chi connectivity index (χ4v) is 5.69. The van der Waals surface area contributed by atoms with Gasteiger partial charge in [0, 0.05) is 26.4 Å². The van der Waals surface area contributed by atoms with Crippen LogP contribution in [0.1, 0.15) is 38.0 Å². The fraction of sp³-hybridized carbons (Fsp3) is 0.0323. The summed E-state index contributed by atoms with van der Waals surface area (Å²) >= 11 is 1.77. The number of dihydropyridines is 1. The summed E-state index contributed by atoms with van der Waals surface area (Å²) in [4.78, 5) is 32.1. The number of aromatic nitrogens is 2. The molecule has 1 unspecified atom stereocenters. The molecule has 3 aromatic heterocycles. The highest BCUT2D eigenvalue weighted by Crippen LogP contribution is 2.34. The number of carbonyl (C=O) groups is 2. The molecule has 39 heavy (non-hydrogen) atoms. The van der Waals surface area contributed by atoms with Crippen molar-refractivity contribution in [1.29, 1.82) is 0 Å². The third-order valence-corrected chi connectivity index (χ3v) is 7.60. The van der Waals surface area contributed by atoms with Crippen molar-refractivity contribution in [1.82, 2.24) is 15.3 Å². The summed E-state index contributed by atoms with van der Waals surface area (Å²) in [6.45, 7) is 0. The molecule has 0 fully saturated rings. The Morgan fingerprint density at radius 3 is 2.49 bits per heavy atom. The second-order valence-electron chi connectivity index (χ2n) is 9.04. The van der Waals surface area contributed by atoms with Crippen LogP contribution in [0.5, 0.6) is 0 Å². The lowest BCUT2D eigenvalue weighted by atomic mass is 10.0. The Labute approximate surface area is 227 Å². The van der Waals surface area contributed by atoms with E-state index in [1.165, 1.54) is 50.6 Å². The van der Waals surface area contributed by atoms with Crippen LogP contribution in [-0.2, 0) is 0 Å². The summed E-state index contributed by atoms with van der Waals surface area (Å²) in [6.07, 6.45) is 11.1. The summed E-state index contributed by atoms with van der Waals surface area (Å²) < 4.78 is 2.50. The van der Waals surface area contributed by atoms with Gasteiger partial charge in [0.25, 0.3) is 0 Å². The van der Waals surface area contributed by atoms with Gasteiger partial charge in [-0.25, -0.2) is 14.6 Å². The van der Waals surface area contributed by atoms with Gasteiger partial charge < -0.3 is 15.5 Å². The van der Waals surface area contributed by atoms with Crippen molar-refractivity contribution in [2.75, 3.05) is 0 Å². The summed E-state index contributed by atoms with van der Waals surface area (Å²) in [7, 11) is 0. The number of hydrogen-bond acceptors (Lipinski definition) is 6. The van der Waals surface area contributed by atoms with Gasteiger partial charge in [0.2, 0.25) is 0 Å². The largest absolute Gasteiger partial charge is 0.478 e. The van der Waals surface area contributed by atoms with Crippen LogP contribution in [0.3, 0.4) is 0 Å². The van der Waals surface area contributed by atoms with Crippen LogP contribution in [0, 0.1) is 0 Å². The van der Waals surface area contributed by atoms with Crippen LogP contribution in [0.4, 0.5) is 0 Å². The molecule has 3 N–H and O–H groups in total. The highest BCUT2D eigenvalue weighted by molar-refractivity contribution is 7.25. The van der Waals surface area contributed by atoms with Crippen molar-refractivity contribution in [2.24, 2.45) is 0 Å². The number of pyridine rings is 2. The zero-order valence-corrected chi connectivity index (χ0v) is 21.2. The highest BCUT2D eigenvalue weighted by atomic mass is 32.1. The Kier molecular flexibility index (Phi) is 6.22. The van der Waals surface area contributed by atoms with Crippen molar-refractivity contribution in [3.05, 3.63) is 125 Å². The Morgan fingerprint density at radius 2 is 1.64 bits per heavy atom. The lowest BCUT2D eigenvalue weighted by molar-refractivity contribution is 0.0685. The average Bonchev–Trinajstić information content (AvgIpc) is 3.34. The molecule has 6 rings (SSSR count). The number of nitrogens with zero attached hydrogens (tertiary/aromatic N) is 2. The quantitative estimate of drug-likeness (QED) is 0.223. The zero-order valence-electron chi connectivity index (χ0n) is 20.4. The first kappa shape index (κ1) is 24.3. The van der Waals surface area contributed by atoms with E-state index >= 15 is 0 Å². The van der Waals surface area contributed by atoms with Gasteiger partial charge in [-0.3, -0.25) is 4.98 Å². The number of nitrogens with one attached hydrogen (secondary N) is 1. The Hall–Kier alpha value is -5.08. The second-order valence-corrected chi connectivity index (χ2v) is 10.1. The number of hydrogen-bond donors (Lipinski definition) is 3. The van der Waals surface area contributed by atoms with Crippen LogP contribution in [0.2, 0.25) is 0 Å². The number of aromatic carboxylic acids is 2. The van der Waals surface area contributed by atoms with Crippen LogP contribution in [0.25, 0.3) is 37.6 Å². The van der Waals surface area contributed by atoms with E-state index in [1.54, 1.807) is 17.5 Å². The van der Waals surface area contributed by atoms with E-state index in [0.717, 1.165) is 11.1 Å².